The highest BCUT2D eigenvalue weighted by molar-refractivity contribution is 6.30. The molecule has 0 saturated carbocycles. The summed E-state index contributed by atoms with van der Waals surface area (Å²) < 4.78 is 13.5. The Kier molecular flexibility index (Phi) is 5.11. The highest BCUT2D eigenvalue weighted by Crippen LogP contribution is 2.16. The summed E-state index contributed by atoms with van der Waals surface area (Å²) in [6.07, 6.45) is 0. The van der Waals surface area contributed by atoms with Crippen LogP contribution < -0.4 is 10.6 Å². The van der Waals surface area contributed by atoms with E-state index in [1.807, 2.05) is 13.8 Å². The second-order valence-electron chi connectivity index (χ2n) is 4.80. The summed E-state index contributed by atoms with van der Waals surface area (Å²) in [5.41, 5.74) is 0.00425. The molecule has 0 spiro atoms. The first kappa shape index (κ1) is 14.9. The first-order valence-corrected chi connectivity index (χ1v) is 6.11. The lowest BCUT2D eigenvalue weighted by molar-refractivity contribution is -0.128. The average Bonchev–Trinajstić information content (AvgIpc) is 2.30. The van der Waals surface area contributed by atoms with Crippen LogP contribution in [0.2, 0.25) is 5.02 Å². The van der Waals surface area contributed by atoms with Gasteiger partial charge >= 0.3 is 0 Å². The van der Waals surface area contributed by atoms with Crippen LogP contribution >= 0.6 is 11.6 Å². The van der Waals surface area contributed by atoms with Crippen molar-refractivity contribution in [3.63, 3.8) is 0 Å². The van der Waals surface area contributed by atoms with Gasteiger partial charge in [-0.25, -0.2) is 4.39 Å². The molecular formula is C13H18ClFN2O. The average molecular weight is 273 g/mol. The molecule has 1 rings (SSSR count). The molecule has 2 N–H and O–H groups in total. The molecule has 0 aliphatic heterocycles. The predicted octanol–water partition coefficient (Wildman–Crippen LogP) is 2.34. The monoisotopic (exact) mass is 272 g/mol. The van der Waals surface area contributed by atoms with Gasteiger partial charge in [0.2, 0.25) is 5.91 Å². The lowest BCUT2D eigenvalue weighted by Crippen LogP contribution is -2.41. The molecule has 0 radical (unpaired) electrons. The first-order valence-electron chi connectivity index (χ1n) is 5.73. The fraction of sp³-hybridized carbons (Fsp3) is 0.462. The quantitative estimate of drug-likeness (QED) is 0.864. The highest BCUT2D eigenvalue weighted by Gasteiger charge is 2.25. The maximum Gasteiger partial charge on any atom is 0.226 e. The molecule has 0 aliphatic carbocycles. The lowest BCUT2D eigenvalue weighted by Gasteiger charge is -2.23. The van der Waals surface area contributed by atoms with E-state index in [9.17, 15) is 9.18 Å². The SMILES string of the molecule is CNC(=O)C(C)(C)CNCc1ccc(Cl)cc1F. The van der Waals surface area contributed by atoms with Gasteiger partial charge in [0, 0.05) is 30.7 Å². The number of hydrogen-bond acceptors (Lipinski definition) is 2. The van der Waals surface area contributed by atoms with Gasteiger partial charge in [-0.2, -0.15) is 0 Å². The van der Waals surface area contributed by atoms with Crippen molar-refractivity contribution in [3.8, 4) is 0 Å². The highest BCUT2D eigenvalue weighted by atomic mass is 35.5. The summed E-state index contributed by atoms with van der Waals surface area (Å²) in [6.45, 7) is 4.49. The van der Waals surface area contributed by atoms with E-state index < -0.39 is 5.41 Å². The molecule has 0 unspecified atom stereocenters. The molecule has 1 aromatic rings. The molecule has 18 heavy (non-hydrogen) atoms. The van der Waals surface area contributed by atoms with Gasteiger partial charge in [0.25, 0.3) is 0 Å². The normalized spacial score (nSPS) is 11.4. The van der Waals surface area contributed by atoms with Gasteiger partial charge in [-0.1, -0.05) is 17.7 Å². The van der Waals surface area contributed by atoms with E-state index in [0.29, 0.717) is 23.7 Å². The molecule has 0 saturated heterocycles. The van der Waals surface area contributed by atoms with Gasteiger partial charge in [0.15, 0.2) is 0 Å². The molecule has 1 amide bonds. The van der Waals surface area contributed by atoms with E-state index in [0.717, 1.165) is 0 Å². The van der Waals surface area contributed by atoms with Gasteiger partial charge < -0.3 is 10.6 Å². The summed E-state index contributed by atoms with van der Waals surface area (Å²) in [5, 5.41) is 6.05. The van der Waals surface area contributed by atoms with E-state index in [-0.39, 0.29) is 11.7 Å². The number of nitrogens with one attached hydrogen (secondary N) is 2. The van der Waals surface area contributed by atoms with Gasteiger partial charge in [-0.05, 0) is 26.0 Å². The molecule has 0 heterocycles. The van der Waals surface area contributed by atoms with Crippen molar-refractivity contribution in [2.24, 2.45) is 5.41 Å². The van der Waals surface area contributed by atoms with Crippen molar-refractivity contribution < 1.29 is 9.18 Å². The van der Waals surface area contributed by atoms with Crippen LogP contribution in [-0.4, -0.2) is 19.5 Å². The molecule has 5 heteroatoms. The first-order chi connectivity index (χ1) is 8.36. The zero-order valence-corrected chi connectivity index (χ0v) is 11.6. The largest absolute Gasteiger partial charge is 0.359 e. The fourth-order valence-corrected chi connectivity index (χ4v) is 1.75. The third-order valence-electron chi connectivity index (χ3n) is 2.74. The Balaban J connectivity index is 2.54. The van der Waals surface area contributed by atoms with Crippen LogP contribution in [0.5, 0.6) is 0 Å². The van der Waals surface area contributed by atoms with E-state index in [4.69, 9.17) is 11.6 Å². The summed E-state index contributed by atoms with van der Waals surface area (Å²) >= 11 is 5.67. The molecule has 100 valence electrons. The van der Waals surface area contributed by atoms with E-state index in [1.165, 1.54) is 6.07 Å². The maximum absolute atomic E-state index is 13.5. The van der Waals surface area contributed by atoms with Crippen molar-refractivity contribution in [1.29, 1.82) is 0 Å². The van der Waals surface area contributed by atoms with Crippen LogP contribution in [0, 0.1) is 11.2 Å². The molecule has 0 atom stereocenters. The molecule has 0 bridgehead atoms. The smallest absolute Gasteiger partial charge is 0.226 e. The Hall–Kier alpha value is -1.13. The number of rotatable bonds is 5. The van der Waals surface area contributed by atoms with Gasteiger partial charge in [0.1, 0.15) is 5.82 Å². The van der Waals surface area contributed by atoms with Crippen molar-refractivity contribution in [2.45, 2.75) is 20.4 Å². The summed E-state index contributed by atoms with van der Waals surface area (Å²) in [5.74, 6) is -0.390. The molecular weight excluding hydrogens is 255 g/mol. The Morgan fingerprint density at radius 2 is 2.11 bits per heavy atom. The third kappa shape index (κ3) is 3.96. The standard InChI is InChI=1S/C13H18ClFN2O/c1-13(2,12(18)16-3)8-17-7-9-4-5-10(14)6-11(9)15/h4-6,17H,7-8H2,1-3H3,(H,16,18). The minimum absolute atomic E-state index is 0.0495. The maximum atomic E-state index is 13.5. The van der Waals surface area contributed by atoms with Crippen LogP contribution in [0.15, 0.2) is 18.2 Å². The zero-order chi connectivity index (χ0) is 13.8. The summed E-state index contributed by atoms with van der Waals surface area (Å²) in [4.78, 5) is 11.5. The molecule has 0 fully saturated rings. The number of amides is 1. The van der Waals surface area contributed by atoms with Gasteiger partial charge in [0.05, 0.1) is 5.41 Å². The van der Waals surface area contributed by atoms with Crippen molar-refractivity contribution in [3.05, 3.63) is 34.6 Å². The van der Waals surface area contributed by atoms with Crippen LogP contribution in [0.3, 0.4) is 0 Å². The van der Waals surface area contributed by atoms with Crippen LogP contribution in [0.4, 0.5) is 4.39 Å². The third-order valence-corrected chi connectivity index (χ3v) is 2.97. The molecule has 1 aromatic carbocycles. The predicted molar refractivity (Wildman–Crippen MR) is 71.0 cm³/mol. The van der Waals surface area contributed by atoms with Crippen molar-refractivity contribution in [1.82, 2.24) is 10.6 Å². The van der Waals surface area contributed by atoms with E-state index in [1.54, 1.807) is 19.2 Å². The molecule has 0 aromatic heterocycles. The summed E-state index contributed by atoms with van der Waals surface area (Å²) in [7, 11) is 1.60. The lowest BCUT2D eigenvalue weighted by atomic mass is 9.92. The van der Waals surface area contributed by atoms with Gasteiger partial charge in [-0.15, -0.1) is 0 Å². The molecule has 3 nitrogen and oxygen atoms in total. The number of benzene rings is 1. The van der Waals surface area contributed by atoms with E-state index >= 15 is 0 Å². The van der Waals surface area contributed by atoms with Crippen LogP contribution in [0.25, 0.3) is 0 Å². The summed E-state index contributed by atoms with van der Waals surface area (Å²) in [6, 6.07) is 4.56. The van der Waals surface area contributed by atoms with Crippen LogP contribution in [0.1, 0.15) is 19.4 Å². The number of carbonyl (C=O) groups excluding carboxylic acids is 1. The topological polar surface area (TPSA) is 41.1 Å². The number of carbonyl (C=O) groups is 1. The minimum Gasteiger partial charge on any atom is -0.359 e. The fourth-order valence-electron chi connectivity index (χ4n) is 1.59. The number of hydrogen-bond donors (Lipinski definition) is 2. The van der Waals surface area contributed by atoms with Crippen molar-refractivity contribution >= 4 is 17.5 Å². The Bertz CT molecular complexity index is 435. The zero-order valence-electron chi connectivity index (χ0n) is 10.8. The Morgan fingerprint density at radius 1 is 1.44 bits per heavy atom. The second-order valence-corrected chi connectivity index (χ2v) is 5.24. The van der Waals surface area contributed by atoms with Crippen LogP contribution in [-0.2, 0) is 11.3 Å². The Labute approximate surface area is 112 Å². The Morgan fingerprint density at radius 3 is 2.67 bits per heavy atom. The second kappa shape index (κ2) is 6.16. The van der Waals surface area contributed by atoms with E-state index in [2.05, 4.69) is 10.6 Å². The molecule has 0 aliphatic rings. The minimum atomic E-state index is -0.530. The van der Waals surface area contributed by atoms with Crippen molar-refractivity contribution in [2.75, 3.05) is 13.6 Å². The van der Waals surface area contributed by atoms with Gasteiger partial charge in [-0.3, -0.25) is 4.79 Å². The number of halogens is 2.